The molecule has 0 aromatic rings. The summed E-state index contributed by atoms with van der Waals surface area (Å²) < 4.78 is 0. The molecule has 0 saturated heterocycles. The Bertz CT molecular complexity index is 255. The molecule has 0 fully saturated rings. The highest BCUT2D eigenvalue weighted by atomic mass is 16.2. The van der Waals surface area contributed by atoms with Crippen LogP contribution in [-0.2, 0) is 0 Å². The minimum Gasteiger partial charge on any atom is -0.392 e. The molecule has 2 atom stereocenters. The minimum atomic E-state index is 0.191. The average Bonchev–Trinajstić information content (AvgIpc) is 2.38. The number of allylic oxidation sites excluding steroid dienone is 1. The summed E-state index contributed by atoms with van der Waals surface area (Å²) in [6.45, 7) is 11.8. The third-order valence-electron chi connectivity index (χ3n) is 4.58. The van der Waals surface area contributed by atoms with E-state index in [0.717, 1.165) is 24.2 Å². The van der Waals surface area contributed by atoms with Gasteiger partial charge in [0.1, 0.15) is 0 Å². The lowest BCUT2D eigenvalue weighted by Crippen LogP contribution is -2.00. The summed E-state index contributed by atoms with van der Waals surface area (Å²) in [6, 6.07) is 0. The van der Waals surface area contributed by atoms with Crippen molar-refractivity contribution in [3.05, 3.63) is 11.6 Å². The topological polar surface area (TPSA) is 20.2 Å². The van der Waals surface area contributed by atoms with E-state index in [-0.39, 0.29) is 6.61 Å². The van der Waals surface area contributed by atoms with Gasteiger partial charge in [-0.15, -0.1) is 0 Å². The summed E-state index contributed by atoms with van der Waals surface area (Å²) in [6.07, 6.45) is 14.1. The van der Waals surface area contributed by atoms with Crippen molar-refractivity contribution < 1.29 is 5.11 Å². The number of hydrogen-bond donors (Lipinski definition) is 1. The first-order valence-corrected chi connectivity index (χ1v) is 9.22. The Morgan fingerprint density at radius 2 is 1.29 bits per heavy atom. The lowest BCUT2D eigenvalue weighted by atomic mass is 9.91. The van der Waals surface area contributed by atoms with E-state index < -0.39 is 0 Å². The van der Waals surface area contributed by atoms with Crippen LogP contribution in [0.3, 0.4) is 0 Å². The molecule has 1 nitrogen and oxygen atoms in total. The van der Waals surface area contributed by atoms with E-state index in [0.29, 0.717) is 0 Å². The van der Waals surface area contributed by atoms with Crippen LogP contribution in [0.2, 0.25) is 0 Å². The van der Waals surface area contributed by atoms with Gasteiger partial charge in [-0.25, -0.2) is 0 Å². The van der Waals surface area contributed by atoms with Gasteiger partial charge < -0.3 is 5.11 Å². The van der Waals surface area contributed by atoms with E-state index in [9.17, 15) is 0 Å². The molecule has 0 amide bonds. The molecule has 0 bridgehead atoms. The van der Waals surface area contributed by atoms with E-state index in [1.807, 2.05) is 6.08 Å². The SMILES string of the molecule is C/C(=C\CO)CCC[C@H](C)CCC[C@@H](C)CCCC(C)C. The number of aliphatic hydroxyl groups excluding tert-OH is 1. The lowest BCUT2D eigenvalue weighted by molar-refractivity contribution is 0.341. The molecule has 0 rings (SSSR count). The third kappa shape index (κ3) is 14.4. The van der Waals surface area contributed by atoms with Crippen molar-refractivity contribution in [2.24, 2.45) is 17.8 Å². The van der Waals surface area contributed by atoms with Crippen molar-refractivity contribution in [2.75, 3.05) is 6.61 Å². The Kier molecular flexibility index (Phi) is 13.2. The van der Waals surface area contributed by atoms with Gasteiger partial charge in [0, 0.05) is 0 Å². The standard InChI is InChI=1S/C20H40O/c1-17(2)9-6-10-18(3)11-7-12-19(4)13-8-14-20(5)15-16-21/h15,17-19,21H,6-14,16H2,1-5H3/b20-15+/t18-,19+/m0/s1. The molecule has 126 valence electrons. The van der Waals surface area contributed by atoms with Gasteiger partial charge in [0.15, 0.2) is 0 Å². The second-order valence-electron chi connectivity index (χ2n) is 7.59. The van der Waals surface area contributed by atoms with Crippen molar-refractivity contribution in [2.45, 2.75) is 92.4 Å². The predicted molar refractivity (Wildman–Crippen MR) is 95.6 cm³/mol. The zero-order chi connectivity index (χ0) is 16.1. The van der Waals surface area contributed by atoms with Crippen LogP contribution < -0.4 is 0 Å². The Labute approximate surface area is 134 Å². The molecule has 0 aliphatic heterocycles. The van der Waals surface area contributed by atoms with E-state index in [1.54, 1.807) is 0 Å². The molecule has 1 heteroatoms. The number of hydrogen-bond acceptors (Lipinski definition) is 1. The molecule has 21 heavy (non-hydrogen) atoms. The molecular weight excluding hydrogens is 256 g/mol. The first-order chi connectivity index (χ1) is 9.95. The van der Waals surface area contributed by atoms with Gasteiger partial charge >= 0.3 is 0 Å². The number of aliphatic hydroxyl groups is 1. The highest BCUT2D eigenvalue weighted by Crippen LogP contribution is 2.21. The fourth-order valence-corrected chi connectivity index (χ4v) is 2.97. The molecule has 1 N–H and O–H groups in total. The van der Waals surface area contributed by atoms with Crippen LogP contribution in [0.25, 0.3) is 0 Å². The average molecular weight is 297 g/mol. The van der Waals surface area contributed by atoms with Gasteiger partial charge in [-0.3, -0.25) is 0 Å². The summed E-state index contributed by atoms with van der Waals surface area (Å²) in [7, 11) is 0. The molecule has 0 aliphatic carbocycles. The molecule has 0 unspecified atom stereocenters. The van der Waals surface area contributed by atoms with Crippen LogP contribution in [0, 0.1) is 17.8 Å². The summed E-state index contributed by atoms with van der Waals surface area (Å²) in [4.78, 5) is 0. The van der Waals surface area contributed by atoms with E-state index in [4.69, 9.17) is 5.11 Å². The van der Waals surface area contributed by atoms with Crippen molar-refractivity contribution in [1.82, 2.24) is 0 Å². The lowest BCUT2D eigenvalue weighted by Gasteiger charge is -2.15. The van der Waals surface area contributed by atoms with Gasteiger partial charge in [0.2, 0.25) is 0 Å². The fourth-order valence-electron chi connectivity index (χ4n) is 2.97. The van der Waals surface area contributed by atoms with Crippen molar-refractivity contribution in [3.8, 4) is 0 Å². The maximum Gasteiger partial charge on any atom is 0.0614 e. The van der Waals surface area contributed by atoms with E-state index >= 15 is 0 Å². The van der Waals surface area contributed by atoms with Crippen molar-refractivity contribution in [1.29, 1.82) is 0 Å². The minimum absolute atomic E-state index is 0.191. The van der Waals surface area contributed by atoms with Gasteiger partial charge in [0.25, 0.3) is 0 Å². The quantitative estimate of drug-likeness (QED) is 0.392. The van der Waals surface area contributed by atoms with Gasteiger partial charge in [-0.05, 0) is 37.5 Å². The second kappa shape index (κ2) is 13.4. The zero-order valence-electron chi connectivity index (χ0n) is 15.3. The maximum absolute atomic E-state index is 8.83. The largest absolute Gasteiger partial charge is 0.392 e. The van der Waals surface area contributed by atoms with E-state index in [2.05, 4.69) is 34.6 Å². The van der Waals surface area contributed by atoms with Crippen LogP contribution in [-0.4, -0.2) is 11.7 Å². The molecule has 0 heterocycles. The molecular formula is C20H40O. The Morgan fingerprint density at radius 1 is 0.810 bits per heavy atom. The van der Waals surface area contributed by atoms with Crippen LogP contribution in [0.1, 0.15) is 92.4 Å². The Hall–Kier alpha value is -0.300. The van der Waals surface area contributed by atoms with Crippen molar-refractivity contribution >= 4 is 0 Å². The summed E-state index contributed by atoms with van der Waals surface area (Å²) >= 11 is 0. The second-order valence-corrected chi connectivity index (χ2v) is 7.59. The monoisotopic (exact) mass is 296 g/mol. The summed E-state index contributed by atoms with van der Waals surface area (Å²) in [5.41, 5.74) is 1.34. The first kappa shape index (κ1) is 20.7. The van der Waals surface area contributed by atoms with Crippen LogP contribution in [0.4, 0.5) is 0 Å². The van der Waals surface area contributed by atoms with Crippen LogP contribution >= 0.6 is 0 Å². The fraction of sp³-hybridized carbons (Fsp3) is 0.900. The zero-order valence-corrected chi connectivity index (χ0v) is 15.3. The maximum atomic E-state index is 8.83. The summed E-state index contributed by atoms with van der Waals surface area (Å²) in [5, 5.41) is 8.83. The third-order valence-corrected chi connectivity index (χ3v) is 4.58. The smallest absolute Gasteiger partial charge is 0.0614 e. The molecule has 0 aliphatic rings. The normalized spacial score (nSPS) is 15.5. The predicted octanol–water partition coefficient (Wildman–Crippen LogP) is 6.36. The molecule has 0 saturated carbocycles. The van der Waals surface area contributed by atoms with Crippen LogP contribution in [0.5, 0.6) is 0 Å². The molecule has 0 spiro atoms. The Morgan fingerprint density at radius 3 is 1.76 bits per heavy atom. The highest BCUT2D eigenvalue weighted by molar-refractivity contribution is 4.97. The molecule has 0 aromatic heterocycles. The molecule has 0 aromatic carbocycles. The van der Waals surface area contributed by atoms with Gasteiger partial charge in [-0.2, -0.15) is 0 Å². The summed E-state index contributed by atoms with van der Waals surface area (Å²) in [5.74, 6) is 2.63. The molecule has 0 radical (unpaired) electrons. The van der Waals surface area contributed by atoms with Gasteiger partial charge in [-0.1, -0.05) is 84.3 Å². The van der Waals surface area contributed by atoms with Gasteiger partial charge in [0.05, 0.1) is 6.61 Å². The highest BCUT2D eigenvalue weighted by Gasteiger charge is 2.06. The van der Waals surface area contributed by atoms with Crippen LogP contribution in [0.15, 0.2) is 11.6 Å². The van der Waals surface area contributed by atoms with Crippen molar-refractivity contribution in [3.63, 3.8) is 0 Å². The van der Waals surface area contributed by atoms with E-state index in [1.165, 1.54) is 56.9 Å². The first-order valence-electron chi connectivity index (χ1n) is 9.22. The Balaban J connectivity index is 3.52. The number of rotatable bonds is 13.